The van der Waals surface area contributed by atoms with Gasteiger partial charge in [0.25, 0.3) is 0 Å². The van der Waals surface area contributed by atoms with Crippen molar-refractivity contribution < 1.29 is 9.53 Å². The molecule has 0 atom stereocenters. The van der Waals surface area contributed by atoms with Gasteiger partial charge in [0, 0.05) is 12.5 Å². The maximum Gasteiger partial charge on any atom is 0.186 e. The number of ether oxygens (including phenoxy) is 1. The van der Waals surface area contributed by atoms with E-state index >= 15 is 0 Å². The fourth-order valence-electron chi connectivity index (χ4n) is 1.41. The highest BCUT2D eigenvalue weighted by atomic mass is 32.2. The minimum absolute atomic E-state index is 0.0990. The summed E-state index contributed by atoms with van der Waals surface area (Å²) in [4.78, 5) is 10.7. The highest BCUT2D eigenvalue weighted by Crippen LogP contribution is 2.21. The second-order valence-corrected chi connectivity index (χ2v) is 4.87. The number of hydrogen-bond acceptors (Lipinski definition) is 3. The second kappa shape index (κ2) is 6.36. The molecule has 0 amide bonds. The summed E-state index contributed by atoms with van der Waals surface area (Å²) in [5, 5.41) is 0.0990. The Morgan fingerprint density at radius 2 is 2.06 bits per heavy atom. The van der Waals surface area contributed by atoms with Crippen LogP contribution in [0.5, 0.6) is 5.75 Å². The Kier molecular flexibility index (Phi) is 5.11. The van der Waals surface area contributed by atoms with Crippen molar-refractivity contribution >= 4 is 16.9 Å². The lowest BCUT2D eigenvalue weighted by Crippen LogP contribution is -1.91. The van der Waals surface area contributed by atoms with Gasteiger partial charge in [0.2, 0.25) is 0 Å². The maximum atomic E-state index is 10.7. The molecule has 0 unspecified atom stereocenters. The third-order valence-corrected chi connectivity index (χ3v) is 3.01. The van der Waals surface area contributed by atoms with E-state index in [1.54, 1.807) is 14.0 Å². The van der Waals surface area contributed by atoms with Gasteiger partial charge in [-0.25, -0.2) is 0 Å². The van der Waals surface area contributed by atoms with E-state index < -0.39 is 0 Å². The average molecular weight is 248 g/mol. The fourth-order valence-corrected chi connectivity index (χ4v) is 1.76. The van der Waals surface area contributed by atoms with Gasteiger partial charge in [-0.15, -0.1) is 0 Å². The van der Waals surface area contributed by atoms with Gasteiger partial charge < -0.3 is 4.74 Å². The summed E-state index contributed by atoms with van der Waals surface area (Å²) in [6.45, 7) is 5.55. The van der Waals surface area contributed by atoms with E-state index in [0.29, 0.717) is 5.75 Å². The van der Waals surface area contributed by atoms with Crippen LogP contribution in [0.1, 0.15) is 23.6 Å². The molecule has 1 rings (SSSR count). The monoisotopic (exact) mass is 248 g/mol. The third kappa shape index (κ3) is 4.16. The lowest BCUT2D eigenvalue weighted by atomic mass is 10.1. The molecule has 0 radical (unpaired) electrons. The molecule has 17 heavy (non-hydrogen) atoms. The Morgan fingerprint density at radius 1 is 1.35 bits per heavy atom. The number of carbonyl (C=O) groups is 1. The van der Waals surface area contributed by atoms with Crippen molar-refractivity contribution in [3.05, 3.63) is 28.8 Å². The molecule has 0 aliphatic rings. The Labute approximate surface area is 107 Å². The van der Waals surface area contributed by atoms with Gasteiger partial charge in [-0.05, 0) is 37.1 Å². The van der Waals surface area contributed by atoms with Crippen LogP contribution in [0, 0.1) is 25.7 Å². The molecule has 0 fully saturated rings. The first-order chi connectivity index (χ1) is 8.04. The molecule has 0 bridgehead atoms. The van der Waals surface area contributed by atoms with Gasteiger partial charge in [-0.2, -0.15) is 0 Å². The van der Waals surface area contributed by atoms with Crippen molar-refractivity contribution in [2.75, 3.05) is 12.9 Å². The summed E-state index contributed by atoms with van der Waals surface area (Å²) in [7, 11) is 1.66. The molecule has 0 N–H and O–H groups in total. The Hall–Kier alpha value is -1.40. The smallest absolute Gasteiger partial charge is 0.186 e. The fraction of sp³-hybridized carbons (Fsp3) is 0.357. The highest BCUT2D eigenvalue weighted by molar-refractivity contribution is 8.13. The van der Waals surface area contributed by atoms with Crippen molar-refractivity contribution in [3.8, 4) is 17.6 Å². The SMILES string of the molecule is COc1cc(C)c(C#CCSC(C)=O)cc1C. The zero-order valence-electron chi connectivity index (χ0n) is 10.6. The molecule has 0 saturated carbocycles. The Morgan fingerprint density at radius 3 is 2.65 bits per heavy atom. The standard InChI is InChI=1S/C14H16O2S/c1-10-9-14(16-4)11(2)8-13(10)6-5-7-17-12(3)15/h8-9H,7H2,1-4H3. The first-order valence-corrected chi connectivity index (χ1v) is 6.30. The minimum Gasteiger partial charge on any atom is -0.496 e. The van der Waals surface area contributed by atoms with Crippen LogP contribution in [0.2, 0.25) is 0 Å². The summed E-state index contributed by atoms with van der Waals surface area (Å²) >= 11 is 1.23. The lowest BCUT2D eigenvalue weighted by Gasteiger charge is -2.07. The minimum atomic E-state index is 0.0990. The molecule has 0 aliphatic heterocycles. The van der Waals surface area contributed by atoms with Crippen LogP contribution in [0.25, 0.3) is 0 Å². The number of thioether (sulfide) groups is 1. The largest absolute Gasteiger partial charge is 0.496 e. The molecule has 0 spiro atoms. The molecule has 90 valence electrons. The van der Waals surface area contributed by atoms with E-state index in [4.69, 9.17) is 4.74 Å². The quantitative estimate of drug-likeness (QED) is 0.753. The van der Waals surface area contributed by atoms with E-state index in [-0.39, 0.29) is 5.12 Å². The van der Waals surface area contributed by atoms with Crippen molar-refractivity contribution in [1.29, 1.82) is 0 Å². The van der Waals surface area contributed by atoms with Gasteiger partial charge in [0.15, 0.2) is 5.12 Å². The Bertz CT molecular complexity index is 481. The van der Waals surface area contributed by atoms with Gasteiger partial charge >= 0.3 is 0 Å². The van der Waals surface area contributed by atoms with Gasteiger partial charge in [-0.3, -0.25) is 4.79 Å². The van der Waals surface area contributed by atoms with Gasteiger partial charge in [0.1, 0.15) is 5.75 Å². The first kappa shape index (κ1) is 13.7. The first-order valence-electron chi connectivity index (χ1n) is 5.32. The Balaban J connectivity index is 2.84. The van der Waals surface area contributed by atoms with Crippen LogP contribution < -0.4 is 4.74 Å². The number of hydrogen-bond donors (Lipinski definition) is 0. The topological polar surface area (TPSA) is 26.3 Å². The summed E-state index contributed by atoms with van der Waals surface area (Å²) in [6, 6.07) is 4.00. The average Bonchev–Trinajstić information content (AvgIpc) is 2.28. The summed E-state index contributed by atoms with van der Waals surface area (Å²) < 4.78 is 5.24. The predicted octanol–water partition coefficient (Wildman–Crippen LogP) is 2.94. The van der Waals surface area contributed by atoms with E-state index in [2.05, 4.69) is 11.8 Å². The van der Waals surface area contributed by atoms with E-state index in [9.17, 15) is 4.79 Å². The number of benzene rings is 1. The molecule has 0 heterocycles. The van der Waals surface area contributed by atoms with Crippen molar-refractivity contribution in [2.24, 2.45) is 0 Å². The van der Waals surface area contributed by atoms with Crippen molar-refractivity contribution in [2.45, 2.75) is 20.8 Å². The molecular formula is C14H16O2S. The highest BCUT2D eigenvalue weighted by Gasteiger charge is 2.02. The van der Waals surface area contributed by atoms with Crippen LogP contribution in [0.4, 0.5) is 0 Å². The number of rotatable bonds is 2. The summed E-state index contributed by atoms with van der Waals surface area (Å²) in [5.41, 5.74) is 3.15. The molecular weight excluding hydrogens is 232 g/mol. The summed E-state index contributed by atoms with van der Waals surface area (Å²) in [6.07, 6.45) is 0. The van der Waals surface area contributed by atoms with E-state index in [1.807, 2.05) is 26.0 Å². The maximum absolute atomic E-state index is 10.7. The van der Waals surface area contributed by atoms with Crippen LogP contribution >= 0.6 is 11.8 Å². The number of methoxy groups -OCH3 is 1. The van der Waals surface area contributed by atoms with Crippen molar-refractivity contribution in [3.63, 3.8) is 0 Å². The number of aryl methyl sites for hydroxylation is 2. The van der Waals surface area contributed by atoms with E-state index in [1.165, 1.54) is 11.8 Å². The molecule has 1 aromatic rings. The molecule has 0 aromatic heterocycles. The second-order valence-electron chi connectivity index (χ2n) is 3.72. The molecule has 2 nitrogen and oxygen atoms in total. The lowest BCUT2D eigenvalue weighted by molar-refractivity contribution is -0.109. The molecule has 0 saturated heterocycles. The van der Waals surface area contributed by atoms with Crippen LogP contribution in [0.15, 0.2) is 12.1 Å². The van der Waals surface area contributed by atoms with Crippen LogP contribution in [0.3, 0.4) is 0 Å². The number of carbonyl (C=O) groups excluding carboxylic acids is 1. The molecule has 1 aromatic carbocycles. The predicted molar refractivity (Wildman–Crippen MR) is 72.5 cm³/mol. The van der Waals surface area contributed by atoms with Gasteiger partial charge in [0.05, 0.1) is 12.9 Å². The van der Waals surface area contributed by atoms with Crippen LogP contribution in [-0.2, 0) is 4.79 Å². The molecule has 0 aliphatic carbocycles. The summed E-state index contributed by atoms with van der Waals surface area (Å²) in [5.74, 6) is 7.49. The molecule has 3 heteroatoms. The zero-order valence-corrected chi connectivity index (χ0v) is 11.4. The van der Waals surface area contributed by atoms with E-state index in [0.717, 1.165) is 22.4 Å². The normalized spacial score (nSPS) is 9.41. The van der Waals surface area contributed by atoms with Crippen LogP contribution in [-0.4, -0.2) is 18.0 Å². The van der Waals surface area contributed by atoms with Gasteiger partial charge in [-0.1, -0.05) is 23.6 Å². The zero-order chi connectivity index (χ0) is 12.8. The third-order valence-electron chi connectivity index (χ3n) is 2.31. The van der Waals surface area contributed by atoms with Crippen molar-refractivity contribution in [1.82, 2.24) is 0 Å².